The Bertz CT molecular complexity index is 230. The highest BCUT2D eigenvalue weighted by molar-refractivity contribution is 5.80. The molecule has 0 N–H and O–H groups in total. The number of hydrogen-bond donors (Lipinski definition) is 0. The number of rotatable bonds is 2. The lowest BCUT2D eigenvalue weighted by Crippen LogP contribution is -2.38. The molecule has 0 aromatic heterocycles. The molecule has 3 nitrogen and oxygen atoms in total. The Balaban J connectivity index is 2.56. The first-order valence-electron chi connectivity index (χ1n) is 5.19. The predicted molar refractivity (Wildman–Crippen MR) is 54.9 cm³/mol. The Labute approximate surface area is 85.5 Å². The maximum absolute atomic E-state index is 11.8. The molecule has 1 rings (SSSR count). The van der Waals surface area contributed by atoms with Crippen LogP contribution in [0.2, 0.25) is 0 Å². The second-order valence-electron chi connectivity index (χ2n) is 5.17. The van der Waals surface area contributed by atoms with Crippen LogP contribution in [0, 0.1) is 5.41 Å². The van der Waals surface area contributed by atoms with Crippen molar-refractivity contribution in [2.75, 3.05) is 6.54 Å². The van der Waals surface area contributed by atoms with E-state index in [0.29, 0.717) is 6.42 Å². The van der Waals surface area contributed by atoms with Gasteiger partial charge in [-0.25, -0.2) is 0 Å². The largest absolute Gasteiger partial charge is 0.333 e. The molecule has 0 spiro atoms. The molecule has 1 atom stereocenters. The molecule has 14 heavy (non-hydrogen) atoms. The molecular formula is C11H19NO2. The summed E-state index contributed by atoms with van der Waals surface area (Å²) in [5.74, 6) is 0.118. The monoisotopic (exact) mass is 197 g/mol. The quantitative estimate of drug-likeness (QED) is 0.631. The number of aldehydes is 1. The minimum Gasteiger partial charge on any atom is -0.333 e. The highest BCUT2D eigenvalue weighted by Gasteiger charge is 2.30. The molecule has 1 aliphatic heterocycles. The van der Waals surface area contributed by atoms with Gasteiger partial charge in [-0.2, -0.15) is 0 Å². The van der Waals surface area contributed by atoms with Crippen LogP contribution >= 0.6 is 0 Å². The van der Waals surface area contributed by atoms with Crippen molar-refractivity contribution >= 4 is 12.2 Å². The van der Waals surface area contributed by atoms with Crippen molar-refractivity contribution in [2.45, 2.75) is 46.1 Å². The van der Waals surface area contributed by atoms with Crippen LogP contribution in [-0.4, -0.2) is 29.7 Å². The van der Waals surface area contributed by atoms with Gasteiger partial charge in [0, 0.05) is 13.0 Å². The maximum atomic E-state index is 11.8. The van der Waals surface area contributed by atoms with Crippen molar-refractivity contribution in [3.05, 3.63) is 0 Å². The smallest absolute Gasteiger partial charge is 0.223 e. The van der Waals surface area contributed by atoms with E-state index in [-0.39, 0.29) is 17.4 Å². The maximum Gasteiger partial charge on any atom is 0.223 e. The van der Waals surface area contributed by atoms with Crippen LogP contribution < -0.4 is 0 Å². The van der Waals surface area contributed by atoms with Crippen molar-refractivity contribution in [3.63, 3.8) is 0 Å². The van der Waals surface area contributed by atoms with Gasteiger partial charge in [-0.3, -0.25) is 4.79 Å². The SMILES string of the molecule is CC(C)(C)CC(=O)N1CCCC1C=O. The fraction of sp³-hybridized carbons (Fsp3) is 0.818. The van der Waals surface area contributed by atoms with E-state index < -0.39 is 0 Å². The molecule has 1 aliphatic rings. The Kier molecular flexibility index (Phi) is 3.29. The Morgan fingerprint density at radius 3 is 2.64 bits per heavy atom. The first-order chi connectivity index (χ1) is 6.44. The van der Waals surface area contributed by atoms with Gasteiger partial charge >= 0.3 is 0 Å². The minimum atomic E-state index is -0.162. The summed E-state index contributed by atoms with van der Waals surface area (Å²) in [6.45, 7) is 6.86. The molecule has 1 heterocycles. The third kappa shape index (κ3) is 2.82. The Morgan fingerprint density at radius 1 is 1.50 bits per heavy atom. The van der Waals surface area contributed by atoms with Crippen molar-refractivity contribution in [2.24, 2.45) is 5.41 Å². The van der Waals surface area contributed by atoms with Crippen LogP contribution in [0.1, 0.15) is 40.0 Å². The highest BCUT2D eigenvalue weighted by atomic mass is 16.2. The second kappa shape index (κ2) is 4.11. The third-order valence-corrected chi connectivity index (χ3v) is 2.46. The van der Waals surface area contributed by atoms with Gasteiger partial charge in [0.05, 0.1) is 6.04 Å². The van der Waals surface area contributed by atoms with Gasteiger partial charge in [0.2, 0.25) is 5.91 Å². The zero-order chi connectivity index (χ0) is 10.8. The van der Waals surface area contributed by atoms with E-state index in [4.69, 9.17) is 0 Å². The first kappa shape index (κ1) is 11.2. The molecule has 1 saturated heterocycles. The molecule has 0 aromatic rings. The molecule has 0 bridgehead atoms. The van der Waals surface area contributed by atoms with Gasteiger partial charge in [0.25, 0.3) is 0 Å². The van der Waals surface area contributed by atoms with Crippen molar-refractivity contribution < 1.29 is 9.59 Å². The molecule has 1 unspecified atom stereocenters. The van der Waals surface area contributed by atoms with Gasteiger partial charge < -0.3 is 9.69 Å². The van der Waals surface area contributed by atoms with Crippen LogP contribution in [0.25, 0.3) is 0 Å². The Morgan fingerprint density at radius 2 is 2.14 bits per heavy atom. The van der Waals surface area contributed by atoms with E-state index in [0.717, 1.165) is 25.7 Å². The van der Waals surface area contributed by atoms with E-state index >= 15 is 0 Å². The number of hydrogen-bond acceptors (Lipinski definition) is 2. The molecule has 1 amide bonds. The molecule has 1 fully saturated rings. The normalized spacial score (nSPS) is 22.5. The van der Waals surface area contributed by atoms with Gasteiger partial charge in [-0.15, -0.1) is 0 Å². The van der Waals surface area contributed by atoms with E-state index in [1.54, 1.807) is 4.90 Å². The topological polar surface area (TPSA) is 37.4 Å². The summed E-state index contributed by atoms with van der Waals surface area (Å²) in [6, 6.07) is -0.162. The number of nitrogens with zero attached hydrogens (tertiary/aromatic N) is 1. The Hall–Kier alpha value is -0.860. The molecule has 80 valence electrons. The van der Waals surface area contributed by atoms with Crippen LogP contribution in [0.15, 0.2) is 0 Å². The molecule has 0 saturated carbocycles. The number of carbonyl (C=O) groups is 2. The third-order valence-electron chi connectivity index (χ3n) is 2.46. The van der Waals surface area contributed by atoms with Gasteiger partial charge in [0.15, 0.2) is 0 Å². The van der Waals surface area contributed by atoms with E-state index in [1.807, 2.05) is 20.8 Å². The average Bonchev–Trinajstić information content (AvgIpc) is 2.47. The van der Waals surface area contributed by atoms with Crippen molar-refractivity contribution in [1.29, 1.82) is 0 Å². The standard InChI is InChI=1S/C11H19NO2/c1-11(2,3)7-10(14)12-6-4-5-9(12)8-13/h8-9H,4-7H2,1-3H3. The van der Waals surface area contributed by atoms with Crippen LogP contribution in [0.3, 0.4) is 0 Å². The lowest BCUT2D eigenvalue weighted by molar-refractivity contribution is -0.136. The molecule has 3 heteroatoms. The van der Waals surface area contributed by atoms with E-state index in [9.17, 15) is 9.59 Å². The first-order valence-corrected chi connectivity index (χ1v) is 5.19. The highest BCUT2D eigenvalue weighted by Crippen LogP contribution is 2.23. The second-order valence-corrected chi connectivity index (χ2v) is 5.17. The fourth-order valence-corrected chi connectivity index (χ4v) is 1.80. The zero-order valence-corrected chi connectivity index (χ0v) is 9.25. The summed E-state index contributed by atoms with van der Waals surface area (Å²) in [7, 11) is 0. The average molecular weight is 197 g/mol. The predicted octanol–water partition coefficient (Wildman–Crippen LogP) is 1.61. The summed E-state index contributed by atoms with van der Waals surface area (Å²) in [6.07, 6.45) is 3.21. The summed E-state index contributed by atoms with van der Waals surface area (Å²) >= 11 is 0. The lowest BCUT2D eigenvalue weighted by Gasteiger charge is -2.25. The van der Waals surface area contributed by atoms with Gasteiger partial charge in [0.1, 0.15) is 6.29 Å². The van der Waals surface area contributed by atoms with E-state index in [2.05, 4.69) is 0 Å². The molecule has 0 aromatic carbocycles. The van der Waals surface area contributed by atoms with Crippen molar-refractivity contribution in [1.82, 2.24) is 4.90 Å². The molecular weight excluding hydrogens is 178 g/mol. The zero-order valence-electron chi connectivity index (χ0n) is 9.25. The summed E-state index contributed by atoms with van der Waals surface area (Å²) in [5.41, 5.74) is 0.00705. The lowest BCUT2D eigenvalue weighted by atomic mass is 9.91. The fourth-order valence-electron chi connectivity index (χ4n) is 1.80. The summed E-state index contributed by atoms with van der Waals surface area (Å²) in [4.78, 5) is 24.2. The molecule has 0 aliphatic carbocycles. The number of amides is 1. The van der Waals surface area contributed by atoms with E-state index in [1.165, 1.54) is 0 Å². The van der Waals surface area contributed by atoms with Crippen LogP contribution in [-0.2, 0) is 9.59 Å². The summed E-state index contributed by atoms with van der Waals surface area (Å²) in [5, 5.41) is 0. The molecule has 0 radical (unpaired) electrons. The number of likely N-dealkylation sites (tertiary alicyclic amines) is 1. The van der Waals surface area contributed by atoms with Crippen LogP contribution in [0.4, 0.5) is 0 Å². The van der Waals surface area contributed by atoms with Gasteiger partial charge in [-0.05, 0) is 18.3 Å². The van der Waals surface area contributed by atoms with Gasteiger partial charge in [-0.1, -0.05) is 20.8 Å². The van der Waals surface area contributed by atoms with Crippen LogP contribution in [0.5, 0.6) is 0 Å². The summed E-state index contributed by atoms with van der Waals surface area (Å²) < 4.78 is 0. The number of carbonyl (C=O) groups excluding carboxylic acids is 2. The minimum absolute atomic E-state index is 0.00705. The van der Waals surface area contributed by atoms with Crippen molar-refractivity contribution in [3.8, 4) is 0 Å².